The second kappa shape index (κ2) is 5.15. The van der Waals surface area contributed by atoms with Gasteiger partial charge in [-0.15, -0.1) is 0 Å². The fourth-order valence-electron chi connectivity index (χ4n) is 2.86. The Labute approximate surface area is 129 Å². The van der Waals surface area contributed by atoms with Gasteiger partial charge in [-0.25, -0.2) is 9.18 Å². The van der Waals surface area contributed by atoms with Gasteiger partial charge in [-0.1, -0.05) is 24.3 Å². The molecule has 21 heavy (non-hydrogen) atoms. The van der Waals surface area contributed by atoms with Crippen molar-refractivity contribution in [1.29, 1.82) is 0 Å². The van der Waals surface area contributed by atoms with Crippen LogP contribution in [-0.4, -0.2) is 11.1 Å². The van der Waals surface area contributed by atoms with Crippen LogP contribution >= 0.6 is 15.9 Å². The first kappa shape index (κ1) is 14.1. The van der Waals surface area contributed by atoms with Gasteiger partial charge < -0.3 is 10.4 Å². The van der Waals surface area contributed by atoms with Crippen LogP contribution < -0.4 is 5.32 Å². The van der Waals surface area contributed by atoms with Crippen molar-refractivity contribution in [2.75, 3.05) is 5.32 Å². The molecule has 0 saturated carbocycles. The molecule has 2 N–H and O–H groups in total. The van der Waals surface area contributed by atoms with Crippen molar-refractivity contribution in [3.63, 3.8) is 0 Å². The Morgan fingerprint density at radius 1 is 1.24 bits per heavy atom. The predicted octanol–water partition coefficient (Wildman–Crippen LogP) is 3.93. The number of benzene rings is 2. The Kier molecular flexibility index (Phi) is 3.45. The maximum absolute atomic E-state index is 13.9. The van der Waals surface area contributed by atoms with Gasteiger partial charge in [-0.2, -0.15) is 0 Å². The second-order valence-corrected chi connectivity index (χ2v) is 5.94. The Balaban J connectivity index is 2.11. The molecule has 3 nitrogen and oxygen atoms in total. The lowest BCUT2D eigenvalue weighted by atomic mass is 9.91. The van der Waals surface area contributed by atoms with Crippen molar-refractivity contribution in [3.8, 4) is 0 Å². The number of hydrogen-bond acceptors (Lipinski definition) is 2. The molecule has 0 aliphatic heterocycles. The maximum atomic E-state index is 13.9. The minimum absolute atomic E-state index is 0.319. The van der Waals surface area contributed by atoms with Crippen molar-refractivity contribution in [2.45, 2.75) is 18.4 Å². The average molecular weight is 350 g/mol. The summed E-state index contributed by atoms with van der Waals surface area (Å²) in [5, 5.41) is 12.8. The summed E-state index contributed by atoms with van der Waals surface area (Å²) in [6, 6.07) is 11.9. The molecule has 3 rings (SSSR count). The number of rotatable bonds is 3. The van der Waals surface area contributed by atoms with Gasteiger partial charge in [0.05, 0.1) is 0 Å². The van der Waals surface area contributed by atoms with Gasteiger partial charge in [0.1, 0.15) is 5.82 Å². The molecule has 0 heterocycles. The minimum atomic E-state index is -1.29. The van der Waals surface area contributed by atoms with E-state index in [1.807, 2.05) is 18.2 Å². The standard InChI is InChI=1S/C16H13BrFNO2/c17-12-5-1-2-7-14(12)19-16(15(20)21)9-8-10-11(16)4-3-6-13(10)18/h1-7,19H,8-9H2,(H,20,21). The summed E-state index contributed by atoms with van der Waals surface area (Å²) in [5.74, 6) is -1.34. The first-order valence-electron chi connectivity index (χ1n) is 6.58. The third kappa shape index (κ3) is 2.21. The van der Waals surface area contributed by atoms with Gasteiger partial charge in [-0.05, 0) is 58.1 Å². The number of hydrogen-bond donors (Lipinski definition) is 2. The van der Waals surface area contributed by atoms with E-state index in [1.54, 1.807) is 18.2 Å². The summed E-state index contributed by atoms with van der Waals surface area (Å²) >= 11 is 3.40. The summed E-state index contributed by atoms with van der Waals surface area (Å²) in [4.78, 5) is 11.9. The largest absolute Gasteiger partial charge is 0.479 e. The number of halogens is 2. The van der Waals surface area contributed by atoms with Crippen molar-refractivity contribution < 1.29 is 14.3 Å². The molecule has 0 aromatic heterocycles. The lowest BCUT2D eigenvalue weighted by molar-refractivity contribution is -0.142. The van der Waals surface area contributed by atoms with Crippen LogP contribution in [0, 0.1) is 5.82 Å². The van der Waals surface area contributed by atoms with Crippen LogP contribution in [0.2, 0.25) is 0 Å². The highest BCUT2D eigenvalue weighted by atomic mass is 79.9. The van der Waals surface area contributed by atoms with Gasteiger partial charge in [-0.3, -0.25) is 0 Å². The number of para-hydroxylation sites is 1. The highest BCUT2D eigenvalue weighted by Crippen LogP contribution is 2.42. The molecule has 1 aliphatic rings. The molecule has 0 fully saturated rings. The zero-order valence-electron chi connectivity index (χ0n) is 11.1. The fraction of sp³-hybridized carbons (Fsp3) is 0.188. The molecule has 1 unspecified atom stereocenters. The molecule has 0 bridgehead atoms. The van der Waals surface area contributed by atoms with Crippen molar-refractivity contribution >= 4 is 27.6 Å². The molecule has 0 spiro atoms. The summed E-state index contributed by atoms with van der Waals surface area (Å²) in [6.45, 7) is 0. The smallest absolute Gasteiger partial charge is 0.334 e. The van der Waals surface area contributed by atoms with E-state index >= 15 is 0 Å². The van der Waals surface area contributed by atoms with E-state index in [0.29, 0.717) is 29.7 Å². The van der Waals surface area contributed by atoms with E-state index in [1.165, 1.54) is 6.07 Å². The lowest BCUT2D eigenvalue weighted by Crippen LogP contribution is -2.41. The highest BCUT2D eigenvalue weighted by Gasteiger charge is 2.46. The average Bonchev–Trinajstić information content (AvgIpc) is 2.83. The molecule has 1 aliphatic carbocycles. The number of carbonyl (C=O) groups is 1. The van der Waals surface area contributed by atoms with Crippen LogP contribution in [0.15, 0.2) is 46.9 Å². The van der Waals surface area contributed by atoms with Crippen LogP contribution in [0.25, 0.3) is 0 Å². The molecule has 2 aromatic rings. The van der Waals surface area contributed by atoms with E-state index in [4.69, 9.17) is 0 Å². The second-order valence-electron chi connectivity index (χ2n) is 5.08. The van der Waals surface area contributed by atoms with Crippen LogP contribution in [-0.2, 0) is 16.8 Å². The van der Waals surface area contributed by atoms with Crippen LogP contribution in [0.1, 0.15) is 17.5 Å². The van der Waals surface area contributed by atoms with Crippen LogP contribution in [0.4, 0.5) is 10.1 Å². The Morgan fingerprint density at radius 2 is 2.00 bits per heavy atom. The van der Waals surface area contributed by atoms with E-state index < -0.39 is 11.5 Å². The number of carboxylic acid groups (broad SMARTS) is 1. The van der Waals surface area contributed by atoms with Crippen LogP contribution in [0.3, 0.4) is 0 Å². The summed E-state index contributed by atoms with van der Waals surface area (Å²) in [6.07, 6.45) is 0.728. The fourth-order valence-corrected chi connectivity index (χ4v) is 3.24. The molecular weight excluding hydrogens is 337 g/mol. The van der Waals surface area contributed by atoms with E-state index in [-0.39, 0.29) is 5.82 Å². The molecule has 2 aromatic carbocycles. The lowest BCUT2D eigenvalue weighted by Gasteiger charge is -2.28. The quantitative estimate of drug-likeness (QED) is 0.882. The SMILES string of the molecule is O=C(O)C1(Nc2ccccc2Br)CCc2c(F)cccc21. The molecular formula is C16H13BrFNO2. The molecule has 5 heteroatoms. The number of nitrogens with one attached hydrogen (secondary N) is 1. The van der Waals surface area contributed by atoms with Crippen molar-refractivity contribution in [3.05, 3.63) is 63.9 Å². The normalized spacial score (nSPS) is 20.1. The maximum Gasteiger partial charge on any atom is 0.334 e. The summed E-state index contributed by atoms with van der Waals surface area (Å²) in [7, 11) is 0. The van der Waals surface area contributed by atoms with Gasteiger partial charge in [0.25, 0.3) is 0 Å². The zero-order valence-corrected chi connectivity index (χ0v) is 12.7. The third-order valence-electron chi connectivity index (χ3n) is 3.92. The summed E-state index contributed by atoms with van der Waals surface area (Å²) in [5.41, 5.74) is 0.378. The Hall–Kier alpha value is -1.88. The molecule has 108 valence electrons. The molecule has 0 amide bonds. The molecule has 0 saturated heterocycles. The molecule has 0 radical (unpaired) electrons. The molecule has 1 atom stereocenters. The van der Waals surface area contributed by atoms with E-state index in [0.717, 1.165) is 4.47 Å². The van der Waals surface area contributed by atoms with Crippen molar-refractivity contribution in [1.82, 2.24) is 0 Å². The van der Waals surface area contributed by atoms with Crippen molar-refractivity contribution in [2.24, 2.45) is 0 Å². The first-order valence-corrected chi connectivity index (χ1v) is 7.38. The number of anilines is 1. The number of carboxylic acids is 1. The van der Waals surface area contributed by atoms with Gasteiger partial charge in [0, 0.05) is 10.2 Å². The zero-order chi connectivity index (χ0) is 15.0. The minimum Gasteiger partial charge on any atom is -0.479 e. The van der Waals surface area contributed by atoms with E-state index in [2.05, 4.69) is 21.2 Å². The Bertz CT molecular complexity index is 719. The topological polar surface area (TPSA) is 49.3 Å². The van der Waals surface area contributed by atoms with Crippen LogP contribution in [0.5, 0.6) is 0 Å². The van der Waals surface area contributed by atoms with E-state index in [9.17, 15) is 14.3 Å². The predicted molar refractivity (Wildman–Crippen MR) is 81.8 cm³/mol. The highest BCUT2D eigenvalue weighted by molar-refractivity contribution is 9.10. The third-order valence-corrected chi connectivity index (χ3v) is 4.61. The number of fused-ring (bicyclic) bond motifs is 1. The van der Waals surface area contributed by atoms with Gasteiger partial charge in [0.15, 0.2) is 5.54 Å². The summed E-state index contributed by atoms with van der Waals surface area (Å²) < 4.78 is 14.7. The monoisotopic (exact) mass is 349 g/mol. The number of aliphatic carboxylic acids is 1. The van der Waals surface area contributed by atoms with Gasteiger partial charge in [0.2, 0.25) is 0 Å². The van der Waals surface area contributed by atoms with Gasteiger partial charge >= 0.3 is 5.97 Å². The Morgan fingerprint density at radius 3 is 2.71 bits per heavy atom. The first-order chi connectivity index (χ1) is 10.0.